The fourth-order valence-corrected chi connectivity index (χ4v) is 2.84. The monoisotopic (exact) mass is 270 g/mol. The molecule has 1 aliphatic rings. The first-order valence-electron chi connectivity index (χ1n) is 7.09. The molecule has 4 atom stereocenters. The van der Waals surface area contributed by atoms with Crippen molar-refractivity contribution in [3.05, 3.63) is 0 Å². The summed E-state index contributed by atoms with van der Waals surface area (Å²) in [5, 5.41) is 14.6. The Labute approximate surface area is 115 Å². The quantitative estimate of drug-likeness (QED) is 0.733. The van der Waals surface area contributed by atoms with Crippen molar-refractivity contribution in [2.45, 2.75) is 59.0 Å². The molecular weight excluding hydrogens is 244 g/mol. The molecule has 0 saturated heterocycles. The third-order valence-electron chi connectivity index (χ3n) is 4.01. The van der Waals surface area contributed by atoms with Gasteiger partial charge in [0.05, 0.1) is 5.92 Å². The maximum atomic E-state index is 11.8. The van der Waals surface area contributed by atoms with Crippen LogP contribution in [-0.4, -0.2) is 29.2 Å². The topological polar surface area (TPSA) is 78.4 Å². The second-order valence-electron chi connectivity index (χ2n) is 6.15. The van der Waals surface area contributed by atoms with E-state index in [2.05, 4.69) is 24.5 Å². The Hall–Kier alpha value is -1.26. The molecule has 3 N–H and O–H groups in total. The van der Waals surface area contributed by atoms with Gasteiger partial charge in [0.2, 0.25) is 0 Å². The highest BCUT2D eigenvalue weighted by molar-refractivity contribution is 5.76. The van der Waals surface area contributed by atoms with E-state index >= 15 is 0 Å². The lowest BCUT2D eigenvalue weighted by Gasteiger charge is -2.32. The van der Waals surface area contributed by atoms with Gasteiger partial charge in [-0.25, -0.2) is 4.79 Å². The summed E-state index contributed by atoms with van der Waals surface area (Å²) < 4.78 is 0. The number of carbonyl (C=O) groups excluding carboxylic acids is 1. The van der Waals surface area contributed by atoms with Gasteiger partial charge in [0, 0.05) is 12.1 Å². The third-order valence-corrected chi connectivity index (χ3v) is 4.01. The second-order valence-corrected chi connectivity index (χ2v) is 6.15. The van der Waals surface area contributed by atoms with E-state index in [9.17, 15) is 9.59 Å². The lowest BCUT2D eigenvalue weighted by molar-refractivity contribution is -0.141. The molecule has 0 heterocycles. The molecule has 0 aromatic heterocycles. The summed E-state index contributed by atoms with van der Waals surface area (Å²) in [7, 11) is 0. The molecule has 1 saturated carbocycles. The van der Waals surface area contributed by atoms with E-state index in [4.69, 9.17) is 5.11 Å². The van der Waals surface area contributed by atoms with Gasteiger partial charge in [0.1, 0.15) is 0 Å². The summed E-state index contributed by atoms with van der Waals surface area (Å²) in [6.07, 6.45) is 3.22. The number of carboxylic acids is 1. The Balaban J connectivity index is 2.40. The predicted octanol–water partition coefficient (Wildman–Crippen LogP) is 2.22. The molecule has 19 heavy (non-hydrogen) atoms. The van der Waals surface area contributed by atoms with Crippen LogP contribution in [0.1, 0.15) is 47.0 Å². The lowest BCUT2D eigenvalue weighted by atomic mass is 9.80. The molecule has 0 bridgehead atoms. The van der Waals surface area contributed by atoms with Crippen LogP contribution in [0.15, 0.2) is 0 Å². The van der Waals surface area contributed by atoms with Crippen LogP contribution in [-0.2, 0) is 4.79 Å². The van der Waals surface area contributed by atoms with Crippen LogP contribution in [0.25, 0.3) is 0 Å². The number of hydrogen-bond acceptors (Lipinski definition) is 2. The fourth-order valence-electron chi connectivity index (χ4n) is 2.84. The highest BCUT2D eigenvalue weighted by atomic mass is 16.4. The Morgan fingerprint density at radius 2 is 1.63 bits per heavy atom. The van der Waals surface area contributed by atoms with Gasteiger partial charge in [-0.05, 0) is 44.9 Å². The fraction of sp³-hybridized carbons (Fsp3) is 0.857. The molecule has 1 fully saturated rings. The molecule has 5 nitrogen and oxygen atoms in total. The van der Waals surface area contributed by atoms with Gasteiger partial charge in [0.15, 0.2) is 0 Å². The second kappa shape index (κ2) is 6.78. The number of hydrogen-bond donors (Lipinski definition) is 3. The zero-order chi connectivity index (χ0) is 14.6. The van der Waals surface area contributed by atoms with Crippen LogP contribution >= 0.6 is 0 Å². The minimum absolute atomic E-state index is 0.200. The number of nitrogens with one attached hydrogen (secondary N) is 2. The summed E-state index contributed by atoms with van der Waals surface area (Å²) >= 11 is 0. The van der Waals surface area contributed by atoms with E-state index in [0.29, 0.717) is 11.8 Å². The van der Waals surface area contributed by atoms with E-state index in [-0.39, 0.29) is 18.1 Å². The molecule has 110 valence electrons. The molecule has 1 aliphatic carbocycles. The first-order chi connectivity index (χ1) is 8.79. The summed E-state index contributed by atoms with van der Waals surface area (Å²) in [5.74, 6) is -0.225. The normalized spacial score (nSPS) is 30.2. The third kappa shape index (κ3) is 5.09. The van der Waals surface area contributed by atoms with Crippen LogP contribution in [0.3, 0.4) is 0 Å². The lowest BCUT2D eigenvalue weighted by Crippen LogP contribution is -2.49. The Morgan fingerprint density at radius 1 is 1.11 bits per heavy atom. The largest absolute Gasteiger partial charge is 0.481 e. The average molecular weight is 270 g/mol. The van der Waals surface area contributed by atoms with Crippen LogP contribution in [0, 0.1) is 17.8 Å². The summed E-state index contributed by atoms with van der Waals surface area (Å²) in [6.45, 7) is 7.72. The van der Waals surface area contributed by atoms with Crippen molar-refractivity contribution in [3.63, 3.8) is 0 Å². The number of rotatable bonds is 4. The molecule has 0 radical (unpaired) electrons. The van der Waals surface area contributed by atoms with Crippen molar-refractivity contribution >= 4 is 12.0 Å². The van der Waals surface area contributed by atoms with Crippen LogP contribution in [0.4, 0.5) is 4.79 Å². The number of aliphatic carboxylic acids is 1. The number of amides is 2. The first-order valence-corrected chi connectivity index (χ1v) is 7.09. The van der Waals surface area contributed by atoms with Crippen LogP contribution in [0.2, 0.25) is 0 Å². The minimum atomic E-state index is -0.896. The minimum Gasteiger partial charge on any atom is -0.481 e. The van der Waals surface area contributed by atoms with Crippen LogP contribution in [0.5, 0.6) is 0 Å². The summed E-state index contributed by atoms with van der Waals surface area (Å²) in [5.41, 5.74) is 0. The maximum Gasteiger partial charge on any atom is 0.315 e. The summed E-state index contributed by atoms with van der Waals surface area (Å²) in [4.78, 5) is 22.7. The highest BCUT2D eigenvalue weighted by Crippen LogP contribution is 2.28. The molecule has 0 aliphatic heterocycles. The molecule has 0 aromatic rings. The maximum absolute atomic E-state index is 11.8. The Kier molecular flexibility index (Phi) is 5.63. The number of carbonyl (C=O) groups is 2. The van der Waals surface area contributed by atoms with Gasteiger partial charge in [-0.2, -0.15) is 0 Å². The molecule has 0 spiro atoms. The molecular formula is C14H26N2O3. The number of urea groups is 1. The molecule has 2 amide bonds. The van der Waals surface area contributed by atoms with Crippen molar-refractivity contribution in [2.75, 3.05) is 0 Å². The molecule has 5 heteroatoms. The van der Waals surface area contributed by atoms with E-state index in [1.807, 2.05) is 0 Å². The van der Waals surface area contributed by atoms with Gasteiger partial charge in [-0.15, -0.1) is 0 Å². The zero-order valence-electron chi connectivity index (χ0n) is 12.3. The van der Waals surface area contributed by atoms with Gasteiger partial charge < -0.3 is 15.7 Å². The van der Waals surface area contributed by atoms with E-state index in [1.54, 1.807) is 13.8 Å². The first kappa shape index (κ1) is 15.8. The highest BCUT2D eigenvalue weighted by Gasteiger charge is 2.26. The van der Waals surface area contributed by atoms with Gasteiger partial charge in [-0.1, -0.05) is 13.8 Å². The van der Waals surface area contributed by atoms with E-state index in [1.165, 1.54) is 6.42 Å². The smallest absolute Gasteiger partial charge is 0.315 e. The molecule has 1 rings (SSSR count). The standard InChI is InChI=1S/C14H26N2O3/c1-8-5-9(2)7-12(6-8)16-14(19)15-11(4)10(3)13(17)18/h8-12H,5-7H2,1-4H3,(H,17,18)(H2,15,16,19). The predicted molar refractivity (Wildman–Crippen MR) is 73.9 cm³/mol. The van der Waals surface area contributed by atoms with Crippen molar-refractivity contribution in [1.29, 1.82) is 0 Å². The van der Waals surface area contributed by atoms with Gasteiger partial charge >= 0.3 is 12.0 Å². The van der Waals surface area contributed by atoms with E-state index < -0.39 is 11.9 Å². The van der Waals surface area contributed by atoms with Crippen molar-refractivity contribution < 1.29 is 14.7 Å². The zero-order valence-corrected chi connectivity index (χ0v) is 12.3. The van der Waals surface area contributed by atoms with Crippen LogP contribution < -0.4 is 10.6 Å². The van der Waals surface area contributed by atoms with E-state index in [0.717, 1.165) is 12.8 Å². The Bertz CT molecular complexity index is 323. The molecule has 0 aromatic carbocycles. The SMILES string of the molecule is CC1CC(C)CC(NC(=O)NC(C)C(C)C(=O)O)C1. The van der Waals surface area contributed by atoms with Gasteiger partial charge in [0.25, 0.3) is 0 Å². The van der Waals surface area contributed by atoms with Crippen molar-refractivity contribution in [2.24, 2.45) is 17.8 Å². The number of carboxylic acid groups (broad SMARTS) is 1. The van der Waals surface area contributed by atoms with Gasteiger partial charge in [-0.3, -0.25) is 4.79 Å². The van der Waals surface area contributed by atoms with Crippen molar-refractivity contribution in [1.82, 2.24) is 10.6 Å². The average Bonchev–Trinajstić information content (AvgIpc) is 2.25. The summed E-state index contributed by atoms with van der Waals surface area (Å²) in [6, 6.07) is -0.436. The Morgan fingerprint density at radius 3 is 2.11 bits per heavy atom. The molecule has 4 unspecified atom stereocenters. The van der Waals surface area contributed by atoms with Crippen molar-refractivity contribution in [3.8, 4) is 0 Å².